The number of H-pyrrole nitrogens is 1. The molecule has 0 saturated heterocycles. The van der Waals surface area contributed by atoms with Crippen LogP contribution in [-0.4, -0.2) is 20.2 Å². The van der Waals surface area contributed by atoms with Gasteiger partial charge in [-0.1, -0.05) is 0 Å². The van der Waals surface area contributed by atoms with Crippen LogP contribution in [0.1, 0.15) is 5.82 Å². The molecule has 80 valence electrons. The molecular formula is C10H9N5S. The van der Waals surface area contributed by atoms with Gasteiger partial charge in [-0.2, -0.15) is 5.10 Å². The number of thiophene rings is 1. The van der Waals surface area contributed by atoms with Crippen LogP contribution < -0.4 is 5.73 Å². The molecule has 6 heteroatoms. The highest BCUT2D eigenvalue weighted by molar-refractivity contribution is 7.17. The Morgan fingerprint density at radius 2 is 2.38 bits per heavy atom. The average Bonchev–Trinajstić information content (AvgIpc) is 2.96. The first-order valence-corrected chi connectivity index (χ1v) is 5.70. The molecule has 3 heterocycles. The first-order valence-electron chi connectivity index (χ1n) is 4.82. The molecule has 3 N–H and O–H groups in total. The van der Waals surface area contributed by atoms with Crippen LogP contribution >= 0.6 is 11.3 Å². The second kappa shape index (κ2) is 3.66. The van der Waals surface area contributed by atoms with Crippen LogP contribution in [0.25, 0.3) is 21.6 Å². The highest BCUT2D eigenvalue weighted by atomic mass is 32.1. The molecule has 0 aliphatic rings. The minimum Gasteiger partial charge on any atom is -0.324 e. The average molecular weight is 231 g/mol. The summed E-state index contributed by atoms with van der Waals surface area (Å²) in [5, 5.41) is 8.90. The molecule has 0 aliphatic heterocycles. The molecule has 0 saturated carbocycles. The van der Waals surface area contributed by atoms with Gasteiger partial charge in [0.15, 0.2) is 5.82 Å². The first-order chi connectivity index (χ1) is 7.86. The third-order valence-corrected chi connectivity index (χ3v) is 3.14. The van der Waals surface area contributed by atoms with Crippen molar-refractivity contribution < 1.29 is 0 Å². The summed E-state index contributed by atoms with van der Waals surface area (Å²) in [7, 11) is 0. The normalized spacial score (nSPS) is 11.1. The van der Waals surface area contributed by atoms with Gasteiger partial charge in [-0.25, -0.2) is 4.98 Å². The van der Waals surface area contributed by atoms with E-state index < -0.39 is 0 Å². The SMILES string of the molecule is NCc1nc(-c2cnc3ccsc3c2)n[nH]1. The molecule has 3 aromatic heterocycles. The van der Waals surface area contributed by atoms with E-state index in [4.69, 9.17) is 5.73 Å². The van der Waals surface area contributed by atoms with Crippen LogP contribution in [0.2, 0.25) is 0 Å². The van der Waals surface area contributed by atoms with Crippen LogP contribution in [0.4, 0.5) is 0 Å². The molecule has 0 unspecified atom stereocenters. The second-order valence-corrected chi connectivity index (χ2v) is 4.29. The minimum atomic E-state index is 0.363. The Hall–Kier alpha value is -1.79. The molecule has 3 aromatic rings. The zero-order chi connectivity index (χ0) is 11.0. The lowest BCUT2D eigenvalue weighted by atomic mass is 10.2. The van der Waals surface area contributed by atoms with Crippen molar-refractivity contribution in [2.24, 2.45) is 5.73 Å². The Balaban J connectivity index is 2.10. The van der Waals surface area contributed by atoms with Crippen molar-refractivity contribution in [2.45, 2.75) is 6.54 Å². The van der Waals surface area contributed by atoms with E-state index in [2.05, 4.69) is 20.2 Å². The molecule has 0 radical (unpaired) electrons. The highest BCUT2D eigenvalue weighted by Crippen LogP contribution is 2.23. The Bertz CT molecular complexity index is 627. The molecule has 0 amide bonds. The van der Waals surface area contributed by atoms with Gasteiger partial charge in [0, 0.05) is 11.8 Å². The van der Waals surface area contributed by atoms with Gasteiger partial charge in [-0.3, -0.25) is 10.1 Å². The molecule has 0 atom stereocenters. The summed E-state index contributed by atoms with van der Waals surface area (Å²) in [5.74, 6) is 1.32. The Morgan fingerprint density at radius 3 is 3.19 bits per heavy atom. The molecule has 0 aromatic carbocycles. The number of nitrogens with one attached hydrogen (secondary N) is 1. The highest BCUT2D eigenvalue weighted by Gasteiger charge is 2.06. The monoisotopic (exact) mass is 231 g/mol. The predicted octanol–water partition coefficient (Wildman–Crippen LogP) is 1.54. The van der Waals surface area contributed by atoms with Gasteiger partial charge in [0.25, 0.3) is 0 Å². The maximum absolute atomic E-state index is 5.47. The number of rotatable bonds is 2. The van der Waals surface area contributed by atoms with Crippen LogP contribution in [-0.2, 0) is 6.54 Å². The van der Waals surface area contributed by atoms with E-state index in [0.29, 0.717) is 18.2 Å². The van der Waals surface area contributed by atoms with E-state index in [1.807, 2.05) is 17.5 Å². The van der Waals surface area contributed by atoms with Gasteiger partial charge in [-0.15, -0.1) is 11.3 Å². The smallest absolute Gasteiger partial charge is 0.182 e. The van der Waals surface area contributed by atoms with Gasteiger partial charge in [0.1, 0.15) is 5.82 Å². The van der Waals surface area contributed by atoms with Crippen molar-refractivity contribution in [2.75, 3.05) is 0 Å². The van der Waals surface area contributed by atoms with E-state index in [9.17, 15) is 0 Å². The Labute approximate surface area is 95.4 Å². The number of pyridine rings is 1. The van der Waals surface area contributed by atoms with Crippen LogP contribution in [0.15, 0.2) is 23.7 Å². The number of aromatic nitrogens is 4. The van der Waals surface area contributed by atoms with E-state index >= 15 is 0 Å². The van der Waals surface area contributed by atoms with Crippen molar-refractivity contribution in [3.8, 4) is 11.4 Å². The quantitative estimate of drug-likeness (QED) is 0.701. The molecule has 0 aliphatic carbocycles. The molecule has 16 heavy (non-hydrogen) atoms. The third kappa shape index (κ3) is 1.48. The lowest BCUT2D eigenvalue weighted by Gasteiger charge is -1.94. The van der Waals surface area contributed by atoms with Crippen molar-refractivity contribution in [1.82, 2.24) is 20.2 Å². The largest absolute Gasteiger partial charge is 0.324 e. The Morgan fingerprint density at radius 1 is 1.44 bits per heavy atom. The van der Waals surface area contributed by atoms with E-state index in [0.717, 1.165) is 15.8 Å². The third-order valence-electron chi connectivity index (χ3n) is 2.29. The fraction of sp³-hybridized carbons (Fsp3) is 0.100. The fourth-order valence-corrected chi connectivity index (χ4v) is 2.26. The standard InChI is InChI=1S/C10H9N5S/c11-4-9-13-10(15-14-9)6-3-8-7(12-5-6)1-2-16-8/h1-3,5H,4,11H2,(H,13,14,15). The van der Waals surface area contributed by atoms with Gasteiger partial charge < -0.3 is 5.73 Å². The number of nitrogens with zero attached hydrogens (tertiary/aromatic N) is 3. The van der Waals surface area contributed by atoms with Gasteiger partial charge in [-0.05, 0) is 17.5 Å². The van der Waals surface area contributed by atoms with Crippen molar-refractivity contribution >= 4 is 21.6 Å². The maximum atomic E-state index is 5.47. The number of hydrogen-bond donors (Lipinski definition) is 2. The van der Waals surface area contributed by atoms with Crippen molar-refractivity contribution in [3.05, 3.63) is 29.5 Å². The second-order valence-electron chi connectivity index (χ2n) is 3.34. The van der Waals surface area contributed by atoms with Crippen molar-refractivity contribution in [1.29, 1.82) is 0 Å². The van der Waals surface area contributed by atoms with Gasteiger partial charge >= 0.3 is 0 Å². The fourth-order valence-electron chi connectivity index (χ4n) is 1.48. The molecule has 0 fully saturated rings. The molecule has 0 bridgehead atoms. The summed E-state index contributed by atoms with van der Waals surface area (Å²) in [4.78, 5) is 8.60. The first kappa shape index (κ1) is 9.44. The number of fused-ring (bicyclic) bond motifs is 1. The summed E-state index contributed by atoms with van der Waals surface area (Å²) >= 11 is 1.66. The van der Waals surface area contributed by atoms with Crippen LogP contribution in [0.5, 0.6) is 0 Å². The molecule has 3 rings (SSSR count). The summed E-state index contributed by atoms with van der Waals surface area (Å²) in [5.41, 5.74) is 7.38. The number of hydrogen-bond acceptors (Lipinski definition) is 5. The van der Waals surface area contributed by atoms with Gasteiger partial charge in [0.2, 0.25) is 0 Å². The van der Waals surface area contributed by atoms with Crippen LogP contribution in [0.3, 0.4) is 0 Å². The zero-order valence-electron chi connectivity index (χ0n) is 8.34. The molecule has 0 spiro atoms. The Kier molecular flexibility index (Phi) is 2.16. The summed E-state index contributed by atoms with van der Waals surface area (Å²) in [6, 6.07) is 4.03. The van der Waals surface area contributed by atoms with Crippen molar-refractivity contribution in [3.63, 3.8) is 0 Å². The van der Waals surface area contributed by atoms with Crippen LogP contribution in [0, 0.1) is 0 Å². The summed E-state index contributed by atoms with van der Waals surface area (Å²) in [6.45, 7) is 0.363. The number of aromatic amines is 1. The summed E-state index contributed by atoms with van der Waals surface area (Å²) < 4.78 is 1.14. The van der Waals surface area contributed by atoms with E-state index in [-0.39, 0.29) is 0 Å². The molecule has 5 nitrogen and oxygen atoms in total. The lowest BCUT2D eigenvalue weighted by molar-refractivity contribution is 0.917. The van der Waals surface area contributed by atoms with E-state index in [1.165, 1.54) is 0 Å². The summed E-state index contributed by atoms with van der Waals surface area (Å²) in [6.07, 6.45) is 1.78. The lowest BCUT2D eigenvalue weighted by Crippen LogP contribution is -1.97. The zero-order valence-corrected chi connectivity index (χ0v) is 9.16. The molecular weight excluding hydrogens is 222 g/mol. The van der Waals surface area contributed by atoms with E-state index in [1.54, 1.807) is 17.5 Å². The van der Waals surface area contributed by atoms with Gasteiger partial charge in [0.05, 0.1) is 16.8 Å². The maximum Gasteiger partial charge on any atom is 0.182 e. The predicted molar refractivity (Wildman–Crippen MR) is 62.9 cm³/mol. The minimum absolute atomic E-state index is 0.363. The topological polar surface area (TPSA) is 80.5 Å². The number of nitrogens with two attached hydrogens (primary N) is 1.